The van der Waals surface area contributed by atoms with Gasteiger partial charge in [-0.2, -0.15) is 0 Å². The van der Waals surface area contributed by atoms with Crippen LogP contribution in [-0.4, -0.2) is 34.0 Å². The molecule has 0 aliphatic carbocycles. The molecule has 0 atom stereocenters. The van der Waals surface area contributed by atoms with Crippen molar-refractivity contribution in [1.29, 1.82) is 0 Å². The van der Waals surface area contributed by atoms with E-state index in [0.29, 0.717) is 6.54 Å². The summed E-state index contributed by atoms with van der Waals surface area (Å²) in [7, 11) is 4.11. The van der Waals surface area contributed by atoms with Crippen LogP contribution in [0.25, 0.3) is 0 Å². The van der Waals surface area contributed by atoms with E-state index in [9.17, 15) is 0 Å². The summed E-state index contributed by atoms with van der Waals surface area (Å²) in [4.78, 5) is 11.3. The average Bonchev–Trinajstić information content (AvgIpc) is 2.88. The smallest absolute Gasteiger partial charge is 0.194 e. The average molecular weight is 427 g/mol. The number of rotatable bonds is 5. The molecule has 2 rings (SSSR count). The van der Waals surface area contributed by atoms with Crippen molar-refractivity contribution in [1.82, 2.24) is 19.8 Å². The zero-order valence-corrected chi connectivity index (χ0v) is 16.6. The second-order valence-corrected chi connectivity index (χ2v) is 5.41. The summed E-state index contributed by atoms with van der Waals surface area (Å²) >= 11 is 0. The van der Waals surface area contributed by atoms with E-state index < -0.39 is 0 Å². The highest BCUT2D eigenvalue weighted by Gasteiger charge is 2.08. The molecular weight excluding hydrogens is 401 g/mol. The molecular formula is C17H26IN5. The van der Waals surface area contributed by atoms with Crippen LogP contribution in [0.1, 0.15) is 24.0 Å². The lowest BCUT2D eigenvalue weighted by atomic mass is 10.3. The van der Waals surface area contributed by atoms with Crippen LogP contribution in [0, 0.1) is 6.92 Å². The first kappa shape index (κ1) is 19.5. The van der Waals surface area contributed by atoms with Gasteiger partial charge in [0.05, 0.1) is 18.8 Å². The highest BCUT2D eigenvalue weighted by atomic mass is 127. The van der Waals surface area contributed by atoms with Crippen LogP contribution in [0.4, 0.5) is 0 Å². The lowest BCUT2D eigenvalue weighted by molar-refractivity contribution is 0.461. The van der Waals surface area contributed by atoms with E-state index in [-0.39, 0.29) is 24.0 Å². The zero-order valence-electron chi connectivity index (χ0n) is 14.3. The van der Waals surface area contributed by atoms with Crippen LogP contribution in [0.2, 0.25) is 0 Å². The highest BCUT2D eigenvalue weighted by molar-refractivity contribution is 14.0. The summed E-state index contributed by atoms with van der Waals surface area (Å²) in [5.74, 6) is 0.895. The number of nitrogens with zero attached hydrogens (tertiary/aromatic N) is 4. The SMILES string of the molecule is CCNC(=NCc1cccc(C)n1)N(C)Cc1cccn1C.I. The molecule has 0 aromatic carbocycles. The summed E-state index contributed by atoms with van der Waals surface area (Å²) in [5.41, 5.74) is 3.26. The fourth-order valence-electron chi connectivity index (χ4n) is 2.29. The molecule has 5 nitrogen and oxygen atoms in total. The van der Waals surface area contributed by atoms with Crippen LogP contribution in [0.15, 0.2) is 41.5 Å². The van der Waals surface area contributed by atoms with E-state index >= 15 is 0 Å². The maximum absolute atomic E-state index is 4.69. The van der Waals surface area contributed by atoms with Crippen molar-refractivity contribution in [3.63, 3.8) is 0 Å². The third kappa shape index (κ3) is 5.85. The molecule has 23 heavy (non-hydrogen) atoms. The van der Waals surface area contributed by atoms with E-state index in [1.165, 1.54) is 5.69 Å². The Morgan fingerprint density at radius 2 is 2.09 bits per heavy atom. The van der Waals surface area contributed by atoms with Gasteiger partial charge in [0, 0.05) is 38.2 Å². The zero-order chi connectivity index (χ0) is 15.9. The topological polar surface area (TPSA) is 45.5 Å². The predicted octanol–water partition coefficient (Wildman–Crippen LogP) is 2.94. The van der Waals surface area contributed by atoms with Gasteiger partial charge < -0.3 is 14.8 Å². The standard InChI is InChI=1S/C17H25N5.HI/c1-5-18-17(19-12-15-9-6-8-14(2)20-15)22(4)13-16-10-7-11-21(16)3;/h6-11H,5,12-13H2,1-4H3,(H,18,19);1H. The van der Waals surface area contributed by atoms with Gasteiger partial charge in [-0.25, -0.2) is 4.99 Å². The van der Waals surface area contributed by atoms with E-state index in [4.69, 9.17) is 4.99 Å². The molecule has 2 aromatic heterocycles. The van der Waals surface area contributed by atoms with Gasteiger partial charge >= 0.3 is 0 Å². The monoisotopic (exact) mass is 427 g/mol. The molecule has 6 heteroatoms. The second kappa shape index (κ2) is 9.54. The molecule has 2 aromatic rings. The lowest BCUT2D eigenvalue weighted by Gasteiger charge is -2.22. The first-order valence-corrected chi connectivity index (χ1v) is 7.62. The molecule has 0 fully saturated rings. The van der Waals surface area contributed by atoms with Crippen LogP contribution < -0.4 is 5.32 Å². The Morgan fingerprint density at radius 1 is 1.30 bits per heavy atom. The molecule has 0 aliphatic rings. The van der Waals surface area contributed by atoms with Crippen LogP contribution in [-0.2, 0) is 20.1 Å². The van der Waals surface area contributed by atoms with Crippen molar-refractivity contribution >= 4 is 29.9 Å². The Balaban J connectivity index is 0.00000264. The Morgan fingerprint density at radius 3 is 2.70 bits per heavy atom. The Bertz CT molecular complexity index is 635. The van der Waals surface area contributed by atoms with Crippen molar-refractivity contribution in [2.75, 3.05) is 13.6 Å². The van der Waals surface area contributed by atoms with Gasteiger partial charge in [0.2, 0.25) is 0 Å². The van der Waals surface area contributed by atoms with Crippen molar-refractivity contribution in [2.45, 2.75) is 26.9 Å². The summed E-state index contributed by atoms with van der Waals surface area (Å²) in [6.07, 6.45) is 2.06. The maximum atomic E-state index is 4.69. The van der Waals surface area contributed by atoms with Crippen molar-refractivity contribution in [2.24, 2.45) is 12.0 Å². The van der Waals surface area contributed by atoms with Gasteiger partial charge in [0.25, 0.3) is 0 Å². The Kier molecular flexibility index (Phi) is 8.08. The van der Waals surface area contributed by atoms with E-state index in [1.54, 1.807) is 0 Å². The molecule has 0 radical (unpaired) electrons. The summed E-state index contributed by atoms with van der Waals surface area (Å²) in [6.45, 7) is 6.33. The maximum Gasteiger partial charge on any atom is 0.194 e. The molecule has 0 unspecified atom stereocenters. The molecule has 126 valence electrons. The number of guanidine groups is 1. The third-order valence-corrected chi connectivity index (χ3v) is 3.48. The van der Waals surface area contributed by atoms with Gasteiger partial charge in [-0.3, -0.25) is 4.98 Å². The van der Waals surface area contributed by atoms with Gasteiger partial charge in [0.1, 0.15) is 0 Å². The number of aliphatic imine (C=N–C) groups is 1. The fraction of sp³-hybridized carbons (Fsp3) is 0.412. The van der Waals surface area contributed by atoms with Crippen LogP contribution in [0.5, 0.6) is 0 Å². The minimum atomic E-state index is 0. The van der Waals surface area contributed by atoms with Crippen molar-refractivity contribution in [3.8, 4) is 0 Å². The minimum absolute atomic E-state index is 0. The van der Waals surface area contributed by atoms with Gasteiger partial charge in [-0.1, -0.05) is 6.07 Å². The van der Waals surface area contributed by atoms with Crippen LogP contribution in [0.3, 0.4) is 0 Å². The number of hydrogen-bond donors (Lipinski definition) is 1. The van der Waals surface area contributed by atoms with Crippen molar-refractivity contribution in [3.05, 3.63) is 53.6 Å². The first-order valence-electron chi connectivity index (χ1n) is 7.62. The number of aromatic nitrogens is 2. The number of halogens is 1. The molecule has 0 spiro atoms. The van der Waals surface area contributed by atoms with E-state index in [2.05, 4.69) is 59.1 Å². The summed E-state index contributed by atoms with van der Waals surface area (Å²) in [5, 5.41) is 3.34. The molecule has 0 amide bonds. The number of nitrogens with one attached hydrogen (secondary N) is 1. The first-order chi connectivity index (χ1) is 10.6. The highest BCUT2D eigenvalue weighted by Crippen LogP contribution is 2.05. The van der Waals surface area contributed by atoms with E-state index in [0.717, 1.165) is 30.4 Å². The molecule has 1 N–H and O–H groups in total. The normalized spacial score (nSPS) is 11.0. The van der Waals surface area contributed by atoms with Gasteiger partial charge in [-0.15, -0.1) is 24.0 Å². The minimum Gasteiger partial charge on any atom is -0.357 e. The second-order valence-electron chi connectivity index (χ2n) is 5.41. The van der Waals surface area contributed by atoms with Crippen LogP contribution >= 0.6 is 24.0 Å². The molecule has 0 aliphatic heterocycles. The summed E-state index contributed by atoms with van der Waals surface area (Å²) < 4.78 is 2.13. The lowest BCUT2D eigenvalue weighted by Crippen LogP contribution is -2.38. The number of pyridine rings is 1. The molecule has 0 saturated carbocycles. The Labute approximate surface area is 155 Å². The largest absolute Gasteiger partial charge is 0.357 e. The van der Waals surface area contributed by atoms with Gasteiger partial charge in [0.15, 0.2) is 5.96 Å². The van der Waals surface area contributed by atoms with E-state index in [1.807, 2.05) is 25.1 Å². The molecule has 0 bridgehead atoms. The van der Waals surface area contributed by atoms with Crippen molar-refractivity contribution < 1.29 is 0 Å². The Hall–Kier alpha value is -1.57. The quantitative estimate of drug-likeness (QED) is 0.454. The fourth-order valence-corrected chi connectivity index (χ4v) is 2.29. The number of aryl methyl sites for hydroxylation is 2. The predicted molar refractivity (Wildman–Crippen MR) is 106 cm³/mol. The summed E-state index contributed by atoms with van der Waals surface area (Å²) in [6, 6.07) is 10.2. The third-order valence-electron chi connectivity index (χ3n) is 3.48. The number of hydrogen-bond acceptors (Lipinski definition) is 2. The molecule has 0 saturated heterocycles. The molecule has 2 heterocycles. The van der Waals surface area contributed by atoms with Gasteiger partial charge in [-0.05, 0) is 38.1 Å².